The fourth-order valence-electron chi connectivity index (χ4n) is 0.954. The molecule has 0 radical (unpaired) electrons. The number of ketones is 1. The minimum absolute atomic E-state index is 0.432. The number of carbonyl (C=O) groups excluding carboxylic acids is 1. The largest absolute Gasteiger partial charge is 0.299 e. The molecule has 1 rings (SSSR count). The van der Waals surface area contributed by atoms with Gasteiger partial charge in [-0.2, -0.15) is 0 Å². The van der Waals surface area contributed by atoms with Gasteiger partial charge in [0, 0.05) is 12.2 Å². The van der Waals surface area contributed by atoms with E-state index < -0.39 is 0 Å². The smallest absolute Gasteiger partial charge is 0.143 e. The van der Waals surface area contributed by atoms with Gasteiger partial charge >= 0.3 is 0 Å². The summed E-state index contributed by atoms with van der Waals surface area (Å²) in [5.74, 6) is 2.96. The summed E-state index contributed by atoms with van der Waals surface area (Å²) in [6.07, 6.45) is 1.97. The van der Waals surface area contributed by atoms with E-state index in [1.54, 1.807) is 10.8 Å². The quantitative estimate of drug-likeness (QED) is 0.571. The van der Waals surface area contributed by atoms with Crippen LogP contribution in [0.15, 0.2) is 0 Å². The topological polar surface area (TPSA) is 17.1 Å². The van der Waals surface area contributed by atoms with Gasteiger partial charge in [0.1, 0.15) is 5.78 Å². The lowest BCUT2D eigenvalue weighted by Gasteiger charge is -2.06. The molecule has 0 aromatic rings. The zero-order valence-electron chi connectivity index (χ0n) is 6.13. The van der Waals surface area contributed by atoms with E-state index in [1.807, 2.05) is 10.8 Å². The monoisotopic (exact) mass is 176 g/mol. The van der Waals surface area contributed by atoms with Crippen LogP contribution < -0.4 is 0 Å². The molecule has 1 fully saturated rings. The van der Waals surface area contributed by atoms with Crippen LogP contribution in [0.2, 0.25) is 0 Å². The Morgan fingerprint density at radius 1 is 1.60 bits per heavy atom. The Kier molecular flexibility index (Phi) is 3.63. The molecule has 1 nitrogen and oxygen atoms in total. The lowest BCUT2D eigenvalue weighted by atomic mass is 10.0. The van der Waals surface area contributed by atoms with Crippen molar-refractivity contribution >= 4 is 27.4 Å². The fraction of sp³-hybridized carbons (Fsp3) is 0.857. The molecular weight excluding hydrogens is 164 g/mol. The highest BCUT2D eigenvalue weighted by molar-refractivity contribution is 8.76. The van der Waals surface area contributed by atoms with Crippen molar-refractivity contribution in [2.24, 2.45) is 5.92 Å². The van der Waals surface area contributed by atoms with Crippen LogP contribution in [0.4, 0.5) is 0 Å². The molecule has 10 heavy (non-hydrogen) atoms. The first-order chi connectivity index (χ1) is 4.83. The number of hydrogen-bond acceptors (Lipinski definition) is 3. The van der Waals surface area contributed by atoms with E-state index in [4.69, 9.17) is 0 Å². The van der Waals surface area contributed by atoms with Crippen LogP contribution in [0, 0.1) is 5.92 Å². The minimum atomic E-state index is 0.432. The predicted molar refractivity (Wildman–Crippen MR) is 48.3 cm³/mol. The maximum atomic E-state index is 11.0. The van der Waals surface area contributed by atoms with Crippen molar-refractivity contribution in [3.8, 4) is 0 Å². The van der Waals surface area contributed by atoms with E-state index in [-0.39, 0.29) is 0 Å². The first kappa shape index (κ1) is 8.47. The summed E-state index contributed by atoms with van der Waals surface area (Å²) in [5.41, 5.74) is 0. The summed E-state index contributed by atoms with van der Waals surface area (Å²) in [6, 6.07) is 0. The molecule has 1 aliphatic rings. The van der Waals surface area contributed by atoms with E-state index in [9.17, 15) is 4.79 Å². The lowest BCUT2D eigenvalue weighted by molar-refractivity contribution is -0.117. The molecular formula is C7H12OS2. The van der Waals surface area contributed by atoms with E-state index in [0.717, 1.165) is 24.3 Å². The zero-order valence-corrected chi connectivity index (χ0v) is 7.76. The second kappa shape index (κ2) is 4.29. The summed E-state index contributed by atoms with van der Waals surface area (Å²) in [6.45, 7) is 2.16. The van der Waals surface area contributed by atoms with Crippen LogP contribution >= 0.6 is 21.6 Å². The summed E-state index contributed by atoms with van der Waals surface area (Å²) < 4.78 is 0. The van der Waals surface area contributed by atoms with E-state index in [2.05, 4.69) is 6.92 Å². The molecule has 1 saturated heterocycles. The predicted octanol–water partition coefficient (Wildman–Crippen LogP) is 2.37. The first-order valence-corrected chi connectivity index (χ1v) is 6.08. The van der Waals surface area contributed by atoms with Gasteiger partial charge in [0.2, 0.25) is 0 Å². The number of hydrogen-bond donors (Lipinski definition) is 0. The van der Waals surface area contributed by atoms with Gasteiger partial charge in [0.05, 0.1) is 5.75 Å². The number of rotatable bonds is 1. The summed E-state index contributed by atoms with van der Waals surface area (Å²) in [4.78, 5) is 11.0. The van der Waals surface area contributed by atoms with Gasteiger partial charge in [-0.25, -0.2) is 0 Å². The van der Waals surface area contributed by atoms with Crippen LogP contribution in [0.1, 0.15) is 19.8 Å². The molecule has 0 spiro atoms. The molecule has 0 N–H and O–H groups in total. The van der Waals surface area contributed by atoms with Crippen molar-refractivity contribution in [2.45, 2.75) is 19.8 Å². The van der Waals surface area contributed by atoms with Crippen LogP contribution in [-0.4, -0.2) is 17.3 Å². The Morgan fingerprint density at radius 3 is 3.10 bits per heavy atom. The minimum Gasteiger partial charge on any atom is -0.299 e. The molecule has 1 atom stereocenters. The average molecular weight is 176 g/mol. The molecule has 0 aromatic heterocycles. The first-order valence-electron chi connectivity index (χ1n) is 3.59. The maximum Gasteiger partial charge on any atom is 0.143 e. The Bertz CT molecular complexity index is 125. The standard InChI is InChI=1S/C7H12OS2/c1-2-6-3-7(8)5-10-9-4-6/h6H,2-5H2,1H3/t6-/m1/s1. The Balaban J connectivity index is 2.38. The Morgan fingerprint density at radius 2 is 2.40 bits per heavy atom. The molecule has 0 unspecified atom stereocenters. The van der Waals surface area contributed by atoms with E-state index in [1.165, 1.54) is 0 Å². The van der Waals surface area contributed by atoms with Gasteiger partial charge in [-0.3, -0.25) is 4.79 Å². The third-order valence-corrected chi connectivity index (χ3v) is 4.18. The highest BCUT2D eigenvalue weighted by atomic mass is 33.1. The molecule has 1 heterocycles. The fourth-order valence-corrected chi connectivity index (χ4v) is 3.44. The highest BCUT2D eigenvalue weighted by Gasteiger charge is 2.16. The van der Waals surface area contributed by atoms with Crippen LogP contribution in [0.3, 0.4) is 0 Å². The van der Waals surface area contributed by atoms with Gasteiger partial charge in [-0.1, -0.05) is 34.9 Å². The summed E-state index contributed by atoms with van der Waals surface area (Å²) in [7, 11) is 3.56. The third kappa shape index (κ3) is 2.54. The molecule has 0 bridgehead atoms. The second-order valence-corrected chi connectivity index (χ2v) is 5.07. The van der Waals surface area contributed by atoms with Crippen LogP contribution in [0.25, 0.3) is 0 Å². The molecule has 0 aromatic carbocycles. The van der Waals surface area contributed by atoms with Crippen LogP contribution in [0.5, 0.6) is 0 Å². The van der Waals surface area contributed by atoms with Crippen LogP contribution in [-0.2, 0) is 4.79 Å². The lowest BCUT2D eigenvalue weighted by Crippen LogP contribution is -2.07. The molecule has 3 heteroatoms. The van der Waals surface area contributed by atoms with Gasteiger partial charge < -0.3 is 0 Å². The summed E-state index contributed by atoms with van der Waals surface area (Å²) >= 11 is 0. The highest BCUT2D eigenvalue weighted by Crippen LogP contribution is 2.30. The summed E-state index contributed by atoms with van der Waals surface area (Å²) in [5, 5.41) is 0. The molecule has 1 aliphatic heterocycles. The van der Waals surface area contributed by atoms with E-state index in [0.29, 0.717) is 11.7 Å². The third-order valence-electron chi connectivity index (χ3n) is 1.70. The normalized spacial score (nSPS) is 28.1. The maximum absolute atomic E-state index is 11.0. The van der Waals surface area contributed by atoms with Gasteiger partial charge in [-0.15, -0.1) is 0 Å². The Labute approximate surface area is 69.7 Å². The molecule has 0 saturated carbocycles. The molecule has 58 valence electrons. The number of carbonyl (C=O) groups is 1. The average Bonchev–Trinajstić information content (AvgIpc) is 2.13. The van der Waals surface area contributed by atoms with Crippen molar-refractivity contribution < 1.29 is 4.79 Å². The number of Topliss-reactive ketones (excluding diaryl/α,β-unsaturated/α-hetero) is 1. The zero-order chi connectivity index (χ0) is 7.40. The van der Waals surface area contributed by atoms with Crippen molar-refractivity contribution in [3.05, 3.63) is 0 Å². The molecule has 0 amide bonds. The van der Waals surface area contributed by atoms with E-state index >= 15 is 0 Å². The van der Waals surface area contributed by atoms with Gasteiger partial charge in [0.15, 0.2) is 0 Å². The van der Waals surface area contributed by atoms with Gasteiger partial charge in [0.25, 0.3) is 0 Å². The Hall–Kier alpha value is 0.370. The SMILES string of the molecule is CC[C@H]1CSSCC(=O)C1. The second-order valence-electron chi connectivity index (χ2n) is 2.56. The van der Waals surface area contributed by atoms with Crippen molar-refractivity contribution in [1.29, 1.82) is 0 Å². The van der Waals surface area contributed by atoms with Crippen molar-refractivity contribution in [2.75, 3.05) is 11.5 Å². The van der Waals surface area contributed by atoms with Crippen molar-refractivity contribution in [3.63, 3.8) is 0 Å². The van der Waals surface area contributed by atoms with Gasteiger partial charge in [-0.05, 0) is 5.92 Å². The molecule has 0 aliphatic carbocycles. The van der Waals surface area contributed by atoms with Crippen molar-refractivity contribution in [1.82, 2.24) is 0 Å².